The van der Waals surface area contributed by atoms with Crippen molar-refractivity contribution in [1.82, 2.24) is 4.31 Å². The molecule has 0 radical (unpaired) electrons. The monoisotopic (exact) mass is 296 g/mol. The molecule has 1 aliphatic heterocycles. The molecule has 20 heavy (non-hydrogen) atoms. The molecule has 1 unspecified atom stereocenters. The maximum Gasteiger partial charge on any atom is 0.218 e. The average molecular weight is 296 g/mol. The van der Waals surface area contributed by atoms with E-state index in [1.807, 2.05) is 6.07 Å². The van der Waals surface area contributed by atoms with E-state index in [2.05, 4.69) is 0 Å². The number of sulfonamides is 1. The highest BCUT2D eigenvalue weighted by Gasteiger charge is 2.29. The first-order valence-corrected chi connectivity index (χ1v) is 7.85. The van der Waals surface area contributed by atoms with Crippen LogP contribution in [0, 0.1) is 11.3 Å². The molecule has 1 fully saturated rings. The van der Waals surface area contributed by atoms with Gasteiger partial charge in [-0.05, 0) is 17.7 Å². The van der Waals surface area contributed by atoms with Crippen molar-refractivity contribution in [1.29, 1.82) is 5.26 Å². The number of benzene rings is 1. The van der Waals surface area contributed by atoms with Crippen LogP contribution in [0.3, 0.4) is 0 Å². The molecule has 1 saturated heterocycles. The third-order valence-corrected chi connectivity index (χ3v) is 4.95. The highest BCUT2D eigenvalue weighted by molar-refractivity contribution is 7.88. The second-order valence-corrected chi connectivity index (χ2v) is 6.57. The molecule has 0 bridgehead atoms. The quantitative estimate of drug-likeness (QED) is 0.850. The molecule has 6 nitrogen and oxygen atoms in total. The summed E-state index contributed by atoms with van der Waals surface area (Å²) in [6, 6.07) is 8.46. The Kier molecular flexibility index (Phi) is 4.73. The van der Waals surface area contributed by atoms with Gasteiger partial charge in [-0.2, -0.15) is 9.57 Å². The van der Waals surface area contributed by atoms with E-state index < -0.39 is 16.1 Å². The van der Waals surface area contributed by atoms with Gasteiger partial charge in [0.2, 0.25) is 10.0 Å². The normalized spacial score (nSPS) is 20.5. The predicted molar refractivity (Wildman–Crippen MR) is 72.2 cm³/mol. The number of aliphatic hydroxyl groups is 1. The number of hydrogen-bond acceptors (Lipinski definition) is 5. The van der Waals surface area contributed by atoms with Crippen molar-refractivity contribution in [2.75, 3.05) is 26.3 Å². The van der Waals surface area contributed by atoms with Crippen molar-refractivity contribution in [2.24, 2.45) is 0 Å². The van der Waals surface area contributed by atoms with Crippen LogP contribution in [-0.2, 0) is 20.5 Å². The lowest BCUT2D eigenvalue weighted by Gasteiger charge is -2.31. The van der Waals surface area contributed by atoms with Gasteiger partial charge in [0.1, 0.15) is 0 Å². The Labute approximate surface area is 118 Å². The van der Waals surface area contributed by atoms with E-state index >= 15 is 0 Å². The molecule has 1 heterocycles. The van der Waals surface area contributed by atoms with Crippen LogP contribution in [0.25, 0.3) is 0 Å². The first-order chi connectivity index (χ1) is 9.55. The van der Waals surface area contributed by atoms with Gasteiger partial charge in [0, 0.05) is 13.1 Å². The Hall–Kier alpha value is -1.46. The maximum atomic E-state index is 12.3. The third-order valence-electron chi connectivity index (χ3n) is 3.13. The summed E-state index contributed by atoms with van der Waals surface area (Å²) in [4.78, 5) is 0. The number of ether oxygens (including phenoxy) is 1. The van der Waals surface area contributed by atoms with Crippen LogP contribution in [0.4, 0.5) is 0 Å². The molecule has 108 valence electrons. The van der Waals surface area contributed by atoms with Gasteiger partial charge >= 0.3 is 0 Å². The SMILES string of the molecule is N#Cc1ccc(CS(=O)(=O)N2CCOC(CO)C2)cc1. The van der Waals surface area contributed by atoms with Gasteiger partial charge in [-0.25, -0.2) is 8.42 Å². The molecule has 0 amide bonds. The third kappa shape index (κ3) is 3.55. The largest absolute Gasteiger partial charge is 0.394 e. The van der Waals surface area contributed by atoms with Gasteiger partial charge in [0.15, 0.2) is 0 Å². The minimum Gasteiger partial charge on any atom is -0.394 e. The molecule has 0 saturated carbocycles. The average Bonchev–Trinajstić information content (AvgIpc) is 2.48. The van der Waals surface area contributed by atoms with E-state index in [9.17, 15) is 8.42 Å². The van der Waals surface area contributed by atoms with E-state index in [1.165, 1.54) is 4.31 Å². The first-order valence-electron chi connectivity index (χ1n) is 6.24. The molecule has 2 rings (SSSR count). The van der Waals surface area contributed by atoms with Crippen LogP contribution >= 0.6 is 0 Å². The Morgan fingerprint density at radius 1 is 1.40 bits per heavy atom. The summed E-state index contributed by atoms with van der Waals surface area (Å²) in [5.41, 5.74) is 1.13. The van der Waals surface area contributed by atoms with Crippen molar-refractivity contribution >= 4 is 10.0 Å². The molecular weight excluding hydrogens is 280 g/mol. The number of rotatable bonds is 4. The summed E-state index contributed by atoms with van der Waals surface area (Å²) in [5, 5.41) is 17.8. The van der Waals surface area contributed by atoms with Crippen LogP contribution in [0.15, 0.2) is 24.3 Å². The smallest absolute Gasteiger partial charge is 0.218 e. The summed E-state index contributed by atoms with van der Waals surface area (Å²) < 4.78 is 31.2. The van der Waals surface area contributed by atoms with Gasteiger partial charge in [0.25, 0.3) is 0 Å². The summed E-state index contributed by atoms with van der Waals surface area (Å²) >= 11 is 0. The predicted octanol–water partition coefficient (Wildman–Crippen LogP) is 0.0812. The van der Waals surface area contributed by atoms with Crippen molar-refractivity contribution in [2.45, 2.75) is 11.9 Å². The molecule has 7 heteroatoms. The zero-order valence-electron chi connectivity index (χ0n) is 10.9. The van der Waals surface area contributed by atoms with Gasteiger partial charge in [0.05, 0.1) is 36.7 Å². The van der Waals surface area contributed by atoms with Crippen molar-refractivity contribution in [3.8, 4) is 6.07 Å². The number of hydrogen-bond donors (Lipinski definition) is 1. The minimum atomic E-state index is -3.44. The first kappa shape index (κ1) is 14.9. The van der Waals surface area contributed by atoms with Crippen molar-refractivity contribution in [3.63, 3.8) is 0 Å². The molecule has 0 spiro atoms. The fourth-order valence-electron chi connectivity index (χ4n) is 2.03. The van der Waals surface area contributed by atoms with Crippen molar-refractivity contribution in [3.05, 3.63) is 35.4 Å². The van der Waals surface area contributed by atoms with Gasteiger partial charge < -0.3 is 9.84 Å². The lowest BCUT2D eigenvalue weighted by Crippen LogP contribution is -2.47. The maximum absolute atomic E-state index is 12.3. The number of nitrogens with zero attached hydrogens (tertiary/aromatic N) is 2. The summed E-state index contributed by atoms with van der Waals surface area (Å²) in [5.74, 6) is -0.114. The second-order valence-electron chi connectivity index (χ2n) is 4.60. The lowest BCUT2D eigenvalue weighted by atomic mass is 10.2. The van der Waals surface area contributed by atoms with Crippen LogP contribution in [0.1, 0.15) is 11.1 Å². The van der Waals surface area contributed by atoms with Crippen LogP contribution in [0.2, 0.25) is 0 Å². The van der Waals surface area contributed by atoms with E-state index in [4.69, 9.17) is 15.1 Å². The summed E-state index contributed by atoms with van der Waals surface area (Å²) in [6.45, 7) is 0.574. The van der Waals surface area contributed by atoms with E-state index in [0.717, 1.165) is 0 Å². The van der Waals surface area contributed by atoms with Crippen LogP contribution < -0.4 is 0 Å². The number of morpholine rings is 1. The van der Waals surface area contributed by atoms with E-state index in [-0.39, 0.29) is 25.5 Å². The second kappa shape index (κ2) is 6.33. The van der Waals surface area contributed by atoms with E-state index in [1.54, 1.807) is 24.3 Å². The Bertz CT molecular complexity index is 592. The number of nitriles is 1. The molecule has 0 aromatic heterocycles. The standard InChI is InChI=1S/C13H16N2O4S/c14-7-11-1-3-12(4-2-11)10-20(17,18)15-5-6-19-13(8-15)9-16/h1-4,13,16H,5-6,8-10H2. The summed E-state index contributed by atoms with van der Waals surface area (Å²) in [6.07, 6.45) is -0.459. The zero-order valence-corrected chi connectivity index (χ0v) is 11.7. The molecule has 1 atom stereocenters. The zero-order chi connectivity index (χ0) is 14.6. The van der Waals surface area contributed by atoms with Crippen LogP contribution in [-0.4, -0.2) is 50.2 Å². The Morgan fingerprint density at radius 2 is 2.10 bits per heavy atom. The fourth-order valence-corrected chi connectivity index (χ4v) is 3.58. The lowest BCUT2D eigenvalue weighted by molar-refractivity contribution is -0.0305. The van der Waals surface area contributed by atoms with Crippen LogP contribution in [0.5, 0.6) is 0 Å². The molecular formula is C13H16N2O4S. The highest BCUT2D eigenvalue weighted by atomic mass is 32.2. The van der Waals surface area contributed by atoms with E-state index in [0.29, 0.717) is 17.7 Å². The Balaban J connectivity index is 2.08. The van der Waals surface area contributed by atoms with Crippen molar-refractivity contribution < 1.29 is 18.3 Å². The minimum absolute atomic E-state index is 0.114. The van der Waals surface area contributed by atoms with Gasteiger partial charge in [-0.3, -0.25) is 0 Å². The molecule has 1 aliphatic rings. The van der Waals surface area contributed by atoms with Gasteiger partial charge in [-0.15, -0.1) is 0 Å². The fraction of sp³-hybridized carbons (Fsp3) is 0.462. The topological polar surface area (TPSA) is 90.6 Å². The van der Waals surface area contributed by atoms with Gasteiger partial charge in [-0.1, -0.05) is 12.1 Å². The molecule has 1 aromatic rings. The number of aliphatic hydroxyl groups excluding tert-OH is 1. The molecule has 1 N–H and O–H groups in total. The molecule has 0 aliphatic carbocycles. The highest BCUT2D eigenvalue weighted by Crippen LogP contribution is 2.15. The Morgan fingerprint density at radius 3 is 2.70 bits per heavy atom. The summed E-state index contributed by atoms with van der Waals surface area (Å²) in [7, 11) is -3.44. The molecule has 1 aromatic carbocycles.